The van der Waals surface area contributed by atoms with E-state index in [4.69, 9.17) is 4.74 Å². The number of aromatic nitrogens is 1. The lowest BCUT2D eigenvalue weighted by Crippen LogP contribution is -2.52. The highest BCUT2D eigenvalue weighted by Crippen LogP contribution is 2.29. The van der Waals surface area contributed by atoms with Crippen LogP contribution in [-0.2, 0) is 4.74 Å². The Hall–Kier alpha value is -0.130. The molecule has 1 saturated heterocycles. The van der Waals surface area contributed by atoms with E-state index in [0.717, 1.165) is 22.8 Å². The van der Waals surface area contributed by atoms with Crippen LogP contribution in [0.15, 0.2) is 9.98 Å². The summed E-state index contributed by atoms with van der Waals surface area (Å²) in [6, 6.07) is 0. The molecular weight excluding hydrogens is 276 g/mol. The van der Waals surface area contributed by atoms with Crippen molar-refractivity contribution in [1.82, 2.24) is 4.98 Å². The van der Waals surface area contributed by atoms with Crippen LogP contribution in [-0.4, -0.2) is 29.8 Å². The summed E-state index contributed by atoms with van der Waals surface area (Å²) < 4.78 is 6.77. The maximum atomic E-state index is 5.86. The minimum atomic E-state index is -0.0875. The van der Waals surface area contributed by atoms with Crippen LogP contribution in [0.4, 0.5) is 5.13 Å². The zero-order valence-corrected chi connectivity index (χ0v) is 11.6. The fraction of sp³-hybridized carbons (Fsp3) is 0.700. The maximum Gasteiger partial charge on any atom is 0.186 e. The largest absolute Gasteiger partial charge is 0.369 e. The van der Waals surface area contributed by atoms with Gasteiger partial charge in [-0.25, -0.2) is 4.98 Å². The molecule has 1 aromatic heterocycles. The Labute approximate surface area is 103 Å². The molecule has 1 unspecified atom stereocenters. The summed E-state index contributed by atoms with van der Waals surface area (Å²) in [6.45, 7) is 8.17. The molecule has 1 aliphatic rings. The third-order valence-electron chi connectivity index (χ3n) is 2.30. The van der Waals surface area contributed by atoms with Gasteiger partial charge >= 0.3 is 0 Å². The molecule has 0 radical (unpaired) electrons. The number of anilines is 1. The highest BCUT2D eigenvalue weighted by molar-refractivity contribution is 9.10. The molecule has 1 aromatic rings. The Morgan fingerprint density at radius 2 is 2.40 bits per heavy atom. The van der Waals surface area contributed by atoms with Crippen LogP contribution in [0, 0.1) is 0 Å². The minimum absolute atomic E-state index is 0.0875. The first-order valence-corrected chi connectivity index (χ1v) is 6.67. The van der Waals surface area contributed by atoms with Crippen molar-refractivity contribution < 1.29 is 4.74 Å². The third-order valence-corrected chi connectivity index (χ3v) is 3.91. The third kappa shape index (κ3) is 2.71. The van der Waals surface area contributed by atoms with Gasteiger partial charge in [0.1, 0.15) is 4.60 Å². The van der Waals surface area contributed by atoms with Crippen molar-refractivity contribution in [2.24, 2.45) is 0 Å². The fourth-order valence-corrected chi connectivity index (χ4v) is 3.25. The van der Waals surface area contributed by atoms with Gasteiger partial charge in [-0.2, -0.15) is 0 Å². The Morgan fingerprint density at radius 3 is 2.93 bits per heavy atom. The molecule has 2 heterocycles. The zero-order valence-electron chi connectivity index (χ0n) is 9.16. The molecule has 84 valence electrons. The quantitative estimate of drug-likeness (QED) is 0.795. The van der Waals surface area contributed by atoms with Gasteiger partial charge in [-0.05, 0) is 36.7 Å². The Kier molecular flexibility index (Phi) is 3.05. The van der Waals surface area contributed by atoms with Crippen LogP contribution in [0.2, 0.25) is 0 Å². The van der Waals surface area contributed by atoms with E-state index in [1.807, 2.05) is 5.38 Å². The molecule has 3 nitrogen and oxygen atoms in total. The number of morpholine rings is 1. The molecule has 0 bridgehead atoms. The summed E-state index contributed by atoms with van der Waals surface area (Å²) in [6.07, 6.45) is 0.261. The van der Waals surface area contributed by atoms with Gasteiger partial charge in [0.2, 0.25) is 0 Å². The number of hydrogen-bond acceptors (Lipinski definition) is 4. The summed E-state index contributed by atoms with van der Waals surface area (Å²) in [5, 5.41) is 3.09. The van der Waals surface area contributed by atoms with Gasteiger partial charge < -0.3 is 9.64 Å². The van der Waals surface area contributed by atoms with Crippen LogP contribution in [0.3, 0.4) is 0 Å². The van der Waals surface area contributed by atoms with Gasteiger partial charge in [0.05, 0.1) is 11.7 Å². The van der Waals surface area contributed by atoms with Gasteiger partial charge in [0.15, 0.2) is 5.13 Å². The van der Waals surface area contributed by atoms with Crippen LogP contribution in [0.5, 0.6) is 0 Å². The van der Waals surface area contributed by atoms with Crippen LogP contribution in [0.1, 0.15) is 20.8 Å². The second-order valence-corrected chi connectivity index (χ2v) is 6.17. The molecule has 0 aliphatic carbocycles. The molecule has 1 fully saturated rings. The molecule has 0 amide bonds. The average molecular weight is 291 g/mol. The van der Waals surface area contributed by atoms with E-state index >= 15 is 0 Å². The van der Waals surface area contributed by atoms with Crippen molar-refractivity contribution in [2.75, 3.05) is 18.0 Å². The average Bonchev–Trinajstić information content (AvgIpc) is 2.48. The van der Waals surface area contributed by atoms with Crippen LogP contribution in [0.25, 0.3) is 0 Å². The molecule has 15 heavy (non-hydrogen) atoms. The second-order valence-electron chi connectivity index (χ2n) is 4.52. The van der Waals surface area contributed by atoms with Gasteiger partial charge in [0.25, 0.3) is 0 Å². The molecule has 0 aromatic carbocycles. The van der Waals surface area contributed by atoms with Gasteiger partial charge in [0, 0.05) is 18.5 Å². The van der Waals surface area contributed by atoms with Crippen molar-refractivity contribution in [3.05, 3.63) is 9.98 Å². The molecule has 0 N–H and O–H groups in total. The Balaban J connectivity index is 2.16. The smallest absolute Gasteiger partial charge is 0.186 e. The first-order chi connectivity index (χ1) is 6.96. The molecular formula is C10H15BrN2OS. The van der Waals surface area contributed by atoms with E-state index in [0.29, 0.717) is 0 Å². The minimum Gasteiger partial charge on any atom is -0.369 e. The highest BCUT2D eigenvalue weighted by atomic mass is 79.9. The SMILES string of the molecule is CC1CN(c2nc(Br)cs2)CC(C)(C)O1. The van der Waals surface area contributed by atoms with E-state index in [9.17, 15) is 0 Å². The number of thiazole rings is 1. The predicted octanol–water partition coefficient (Wildman–Crippen LogP) is 2.91. The monoisotopic (exact) mass is 290 g/mol. The summed E-state index contributed by atoms with van der Waals surface area (Å²) >= 11 is 5.06. The zero-order chi connectivity index (χ0) is 11.1. The number of halogens is 1. The predicted molar refractivity (Wildman–Crippen MR) is 66.7 cm³/mol. The van der Waals surface area contributed by atoms with Crippen molar-refractivity contribution in [2.45, 2.75) is 32.5 Å². The Morgan fingerprint density at radius 1 is 1.67 bits per heavy atom. The summed E-state index contributed by atoms with van der Waals surface area (Å²) in [5.41, 5.74) is -0.0875. The summed E-state index contributed by atoms with van der Waals surface area (Å²) in [5.74, 6) is 0. The summed E-state index contributed by atoms with van der Waals surface area (Å²) in [7, 11) is 0. The topological polar surface area (TPSA) is 25.4 Å². The molecule has 1 aliphatic heterocycles. The van der Waals surface area contributed by atoms with E-state index in [1.54, 1.807) is 11.3 Å². The van der Waals surface area contributed by atoms with Crippen molar-refractivity contribution in [1.29, 1.82) is 0 Å². The van der Waals surface area contributed by atoms with Gasteiger partial charge in [-0.1, -0.05) is 0 Å². The summed E-state index contributed by atoms with van der Waals surface area (Å²) in [4.78, 5) is 6.74. The second kappa shape index (κ2) is 4.03. The number of hydrogen-bond donors (Lipinski definition) is 0. The number of nitrogens with zero attached hydrogens (tertiary/aromatic N) is 2. The lowest BCUT2D eigenvalue weighted by Gasteiger charge is -2.41. The number of rotatable bonds is 1. The molecule has 0 spiro atoms. The normalized spacial score (nSPS) is 25.6. The molecule has 2 rings (SSSR count). The fourth-order valence-electron chi connectivity index (χ4n) is 1.99. The van der Waals surface area contributed by atoms with Gasteiger partial charge in [-0.3, -0.25) is 0 Å². The lowest BCUT2D eigenvalue weighted by atomic mass is 10.1. The molecule has 5 heteroatoms. The lowest BCUT2D eigenvalue weighted by molar-refractivity contribution is -0.0749. The van der Waals surface area contributed by atoms with Crippen molar-refractivity contribution in [3.63, 3.8) is 0 Å². The first kappa shape index (κ1) is 11.4. The van der Waals surface area contributed by atoms with E-state index in [1.165, 1.54) is 0 Å². The van der Waals surface area contributed by atoms with Gasteiger partial charge in [-0.15, -0.1) is 11.3 Å². The Bertz CT molecular complexity index is 353. The van der Waals surface area contributed by atoms with Crippen LogP contribution < -0.4 is 4.90 Å². The van der Waals surface area contributed by atoms with E-state index < -0.39 is 0 Å². The van der Waals surface area contributed by atoms with Crippen LogP contribution >= 0.6 is 27.3 Å². The maximum absolute atomic E-state index is 5.86. The highest BCUT2D eigenvalue weighted by Gasteiger charge is 2.32. The molecule has 0 saturated carbocycles. The van der Waals surface area contributed by atoms with Crippen molar-refractivity contribution in [3.8, 4) is 0 Å². The van der Waals surface area contributed by atoms with E-state index in [2.05, 4.69) is 46.6 Å². The van der Waals surface area contributed by atoms with Crippen molar-refractivity contribution >= 4 is 32.4 Å². The molecule has 1 atom stereocenters. The standard InChI is InChI=1S/C10H15BrN2OS/c1-7-4-13(6-10(2,3)14-7)9-12-8(11)5-15-9/h5,7H,4,6H2,1-3H3. The number of ether oxygens (including phenoxy) is 1. The first-order valence-electron chi connectivity index (χ1n) is 5.00. The van der Waals surface area contributed by atoms with E-state index in [-0.39, 0.29) is 11.7 Å².